The summed E-state index contributed by atoms with van der Waals surface area (Å²) in [5.41, 5.74) is 12.9. The summed E-state index contributed by atoms with van der Waals surface area (Å²) in [5.74, 6) is -0.136. The number of aryl methyl sites for hydroxylation is 1. The SMILES string of the molecule is Cc1ccc(NC2C(=O)NNC2N)cc1. The summed E-state index contributed by atoms with van der Waals surface area (Å²) in [4.78, 5) is 11.3. The fraction of sp³-hybridized carbons (Fsp3) is 0.300. The molecule has 1 amide bonds. The number of anilines is 1. The van der Waals surface area contributed by atoms with Crippen molar-refractivity contribution in [2.75, 3.05) is 5.32 Å². The van der Waals surface area contributed by atoms with Gasteiger partial charge in [0.15, 0.2) is 0 Å². The summed E-state index contributed by atoms with van der Waals surface area (Å²) in [6, 6.07) is 7.39. The molecule has 1 aliphatic heterocycles. The second kappa shape index (κ2) is 3.88. The standard InChI is InChI=1S/C10H14N4O/c1-6-2-4-7(5-3-6)12-8-9(11)13-14-10(8)15/h2-5,8-9,12-13H,11H2,1H3,(H,14,15). The number of amides is 1. The van der Waals surface area contributed by atoms with Crippen molar-refractivity contribution in [1.82, 2.24) is 10.9 Å². The molecule has 80 valence electrons. The molecule has 15 heavy (non-hydrogen) atoms. The van der Waals surface area contributed by atoms with Gasteiger partial charge >= 0.3 is 0 Å². The van der Waals surface area contributed by atoms with Gasteiger partial charge in [-0.2, -0.15) is 0 Å². The zero-order chi connectivity index (χ0) is 10.8. The molecule has 1 saturated heterocycles. The number of rotatable bonds is 2. The van der Waals surface area contributed by atoms with E-state index in [2.05, 4.69) is 16.2 Å². The van der Waals surface area contributed by atoms with Gasteiger partial charge < -0.3 is 11.1 Å². The van der Waals surface area contributed by atoms with Crippen molar-refractivity contribution >= 4 is 11.6 Å². The summed E-state index contributed by atoms with van der Waals surface area (Å²) in [6.07, 6.45) is -0.404. The quantitative estimate of drug-likeness (QED) is 0.535. The molecule has 0 aromatic heterocycles. The van der Waals surface area contributed by atoms with Crippen LogP contribution in [0.25, 0.3) is 0 Å². The molecule has 1 fully saturated rings. The van der Waals surface area contributed by atoms with Crippen LogP contribution in [0.4, 0.5) is 5.69 Å². The summed E-state index contributed by atoms with van der Waals surface area (Å²) in [7, 11) is 0. The molecule has 0 bridgehead atoms. The first-order valence-electron chi connectivity index (χ1n) is 4.81. The van der Waals surface area contributed by atoms with E-state index in [1.807, 2.05) is 31.2 Å². The third-order valence-electron chi connectivity index (χ3n) is 2.38. The molecule has 5 nitrogen and oxygen atoms in total. The Morgan fingerprint density at radius 2 is 2.00 bits per heavy atom. The lowest BCUT2D eigenvalue weighted by Gasteiger charge is -2.15. The molecule has 0 saturated carbocycles. The van der Waals surface area contributed by atoms with Gasteiger partial charge in [-0.3, -0.25) is 10.2 Å². The molecule has 0 spiro atoms. The minimum absolute atomic E-state index is 0.136. The van der Waals surface area contributed by atoms with Crippen molar-refractivity contribution in [2.24, 2.45) is 5.73 Å². The van der Waals surface area contributed by atoms with E-state index >= 15 is 0 Å². The smallest absolute Gasteiger partial charge is 0.259 e. The Hall–Kier alpha value is -1.59. The second-order valence-electron chi connectivity index (χ2n) is 3.65. The van der Waals surface area contributed by atoms with E-state index < -0.39 is 12.2 Å². The van der Waals surface area contributed by atoms with Crippen molar-refractivity contribution in [1.29, 1.82) is 0 Å². The molecule has 0 radical (unpaired) electrons. The number of hydrogen-bond donors (Lipinski definition) is 4. The van der Waals surface area contributed by atoms with Gasteiger partial charge in [-0.15, -0.1) is 0 Å². The monoisotopic (exact) mass is 206 g/mol. The van der Waals surface area contributed by atoms with Crippen LogP contribution in [0.1, 0.15) is 5.56 Å². The normalized spacial score (nSPS) is 25.1. The molecule has 0 aliphatic carbocycles. The van der Waals surface area contributed by atoms with Gasteiger partial charge in [0.25, 0.3) is 5.91 Å². The number of nitrogens with one attached hydrogen (secondary N) is 3. The van der Waals surface area contributed by atoms with Crippen LogP contribution >= 0.6 is 0 Å². The van der Waals surface area contributed by atoms with Crippen molar-refractivity contribution in [3.05, 3.63) is 29.8 Å². The average molecular weight is 206 g/mol. The minimum atomic E-state index is -0.423. The van der Waals surface area contributed by atoms with Crippen LogP contribution in [0.3, 0.4) is 0 Å². The van der Waals surface area contributed by atoms with Gasteiger partial charge in [-0.05, 0) is 19.1 Å². The minimum Gasteiger partial charge on any atom is -0.371 e. The fourth-order valence-corrected chi connectivity index (χ4v) is 1.46. The topological polar surface area (TPSA) is 79.2 Å². The Kier molecular flexibility index (Phi) is 2.57. The third kappa shape index (κ3) is 2.08. The van der Waals surface area contributed by atoms with Gasteiger partial charge in [0, 0.05) is 5.69 Å². The van der Waals surface area contributed by atoms with Crippen LogP contribution in [0.2, 0.25) is 0 Å². The van der Waals surface area contributed by atoms with Crippen LogP contribution in [-0.2, 0) is 4.79 Å². The zero-order valence-electron chi connectivity index (χ0n) is 8.45. The van der Waals surface area contributed by atoms with E-state index in [0.29, 0.717) is 0 Å². The third-order valence-corrected chi connectivity index (χ3v) is 2.38. The number of hydrazine groups is 1. The van der Waals surface area contributed by atoms with Gasteiger partial charge in [-0.1, -0.05) is 17.7 Å². The first kappa shape index (κ1) is 9.95. The predicted octanol–water partition coefficient (Wildman–Crippen LogP) is -0.305. The number of nitrogens with two attached hydrogens (primary N) is 1. The van der Waals surface area contributed by atoms with Crippen molar-refractivity contribution in [3.8, 4) is 0 Å². The van der Waals surface area contributed by atoms with E-state index in [4.69, 9.17) is 5.73 Å². The molecule has 1 aromatic carbocycles. The first-order chi connectivity index (χ1) is 7.16. The Morgan fingerprint density at radius 3 is 2.53 bits per heavy atom. The van der Waals surface area contributed by atoms with E-state index in [1.165, 1.54) is 5.56 Å². The number of hydrogen-bond acceptors (Lipinski definition) is 4. The molecule has 1 aliphatic rings. The van der Waals surface area contributed by atoms with Crippen molar-refractivity contribution in [3.63, 3.8) is 0 Å². The van der Waals surface area contributed by atoms with E-state index in [1.54, 1.807) is 0 Å². The highest BCUT2D eigenvalue weighted by molar-refractivity contribution is 5.86. The summed E-state index contributed by atoms with van der Waals surface area (Å²) in [5, 5.41) is 3.07. The molecular weight excluding hydrogens is 192 g/mol. The highest BCUT2D eigenvalue weighted by atomic mass is 16.2. The van der Waals surface area contributed by atoms with Crippen LogP contribution in [0, 0.1) is 6.92 Å². The van der Waals surface area contributed by atoms with Gasteiger partial charge in [0.05, 0.1) is 0 Å². The molecule has 2 unspecified atom stereocenters. The molecular formula is C10H14N4O. The maximum atomic E-state index is 11.3. The van der Waals surface area contributed by atoms with Gasteiger partial charge in [0.1, 0.15) is 12.2 Å². The maximum Gasteiger partial charge on any atom is 0.259 e. The molecule has 2 atom stereocenters. The maximum absolute atomic E-state index is 11.3. The number of carbonyl (C=O) groups excluding carboxylic acids is 1. The van der Waals surface area contributed by atoms with Gasteiger partial charge in [0.2, 0.25) is 0 Å². The summed E-state index contributed by atoms with van der Waals surface area (Å²) in [6.45, 7) is 2.01. The average Bonchev–Trinajstić information content (AvgIpc) is 2.53. The van der Waals surface area contributed by atoms with Crippen LogP contribution in [0.15, 0.2) is 24.3 Å². The molecule has 5 heteroatoms. The summed E-state index contributed by atoms with van der Waals surface area (Å²) < 4.78 is 0. The fourth-order valence-electron chi connectivity index (χ4n) is 1.46. The van der Waals surface area contributed by atoms with Gasteiger partial charge in [-0.25, -0.2) is 5.43 Å². The zero-order valence-corrected chi connectivity index (χ0v) is 8.45. The molecule has 1 heterocycles. The molecule has 2 rings (SSSR count). The van der Waals surface area contributed by atoms with E-state index in [9.17, 15) is 4.79 Å². The Balaban J connectivity index is 2.08. The predicted molar refractivity (Wildman–Crippen MR) is 57.8 cm³/mol. The van der Waals surface area contributed by atoms with E-state index in [0.717, 1.165) is 5.69 Å². The lowest BCUT2D eigenvalue weighted by Crippen LogP contribution is -2.45. The Labute approximate surface area is 88.0 Å². The Bertz CT molecular complexity index is 362. The first-order valence-corrected chi connectivity index (χ1v) is 4.81. The molecule has 1 aromatic rings. The largest absolute Gasteiger partial charge is 0.371 e. The Morgan fingerprint density at radius 1 is 1.33 bits per heavy atom. The van der Waals surface area contributed by atoms with Crippen molar-refractivity contribution < 1.29 is 4.79 Å². The lowest BCUT2D eigenvalue weighted by atomic mass is 10.2. The van der Waals surface area contributed by atoms with Crippen LogP contribution in [0.5, 0.6) is 0 Å². The molecule has 5 N–H and O–H groups in total. The van der Waals surface area contributed by atoms with Crippen LogP contribution < -0.4 is 21.9 Å². The lowest BCUT2D eigenvalue weighted by molar-refractivity contribution is -0.120. The van der Waals surface area contributed by atoms with Crippen LogP contribution in [-0.4, -0.2) is 18.1 Å². The number of carbonyl (C=O) groups is 1. The highest BCUT2D eigenvalue weighted by Gasteiger charge is 2.31. The number of benzene rings is 1. The van der Waals surface area contributed by atoms with Crippen molar-refractivity contribution in [2.45, 2.75) is 19.1 Å². The second-order valence-corrected chi connectivity index (χ2v) is 3.65. The summed E-state index contributed by atoms with van der Waals surface area (Å²) >= 11 is 0. The highest BCUT2D eigenvalue weighted by Crippen LogP contribution is 2.11. The van der Waals surface area contributed by atoms with E-state index in [-0.39, 0.29) is 5.91 Å².